The molecule has 0 amide bonds. The van der Waals surface area contributed by atoms with Crippen molar-refractivity contribution in [3.05, 3.63) is 102 Å². The highest BCUT2D eigenvalue weighted by Crippen LogP contribution is 2.21. The van der Waals surface area contributed by atoms with E-state index < -0.39 is 0 Å². The zero-order valence-electron chi connectivity index (χ0n) is 13.6. The lowest BCUT2D eigenvalue weighted by Gasteiger charge is -2.09. The van der Waals surface area contributed by atoms with Gasteiger partial charge in [0, 0.05) is 11.1 Å². The second-order valence-corrected chi connectivity index (χ2v) is 5.56. The van der Waals surface area contributed by atoms with Gasteiger partial charge >= 0.3 is 0 Å². The number of para-hydroxylation sites is 1. The van der Waals surface area contributed by atoms with Crippen molar-refractivity contribution in [1.82, 2.24) is 0 Å². The number of phenols is 1. The van der Waals surface area contributed by atoms with E-state index in [1.165, 1.54) is 18.2 Å². The topological polar surface area (TPSA) is 46.5 Å². The Balaban J connectivity index is 1.73. The van der Waals surface area contributed by atoms with E-state index in [1.807, 2.05) is 54.6 Å². The molecule has 0 saturated carbocycles. The summed E-state index contributed by atoms with van der Waals surface area (Å²) < 4.78 is 5.88. The minimum Gasteiger partial charge on any atom is -0.508 e. The van der Waals surface area contributed by atoms with Crippen molar-refractivity contribution in [2.75, 3.05) is 0 Å². The maximum absolute atomic E-state index is 12.2. The van der Waals surface area contributed by atoms with E-state index in [-0.39, 0.29) is 11.5 Å². The van der Waals surface area contributed by atoms with Crippen LogP contribution >= 0.6 is 0 Å². The van der Waals surface area contributed by atoms with E-state index in [4.69, 9.17) is 4.74 Å². The lowest BCUT2D eigenvalue weighted by atomic mass is 10.1. The maximum atomic E-state index is 12.2. The Kier molecular flexibility index (Phi) is 5.27. The number of aromatic hydroxyl groups is 1. The SMILES string of the molecule is O=C(/C=C/c1ccccc1OCc1ccccc1)c1cccc(O)c1. The third kappa shape index (κ3) is 4.58. The first-order valence-electron chi connectivity index (χ1n) is 7.99. The number of carbonyl (C=O) groups excluding carboxylic acids is 1. The molecule has 3 aromatic carbocycles. The summed E-state index contributed by atoms with van der Waals surface area (Å²) in [6.07, 6.45) is 3.21. The quantitative estimate of drug-likeness (QED) is 0.518. The van der Waals surface area contributed by atoms with Gasteiger partial charge in [0.25, 0.3) is 0 Å². The van der Waals surface area contributed by atoms with Gasteiger partial charge in [-0.1, -0.05) is 60.7 Å². The Morgan fingerprint density at radius 3 is 2.48 bits per heavy atom. The van der Waals surface area contributed by atoms with Crippen LogP contribution in [0.5, 0.6) is 11.5 Å². The molecule has 0 fully saturated rings. The van der Waals surface area contributed by atoms with Gasteiger partial charge < -0.3 is 9.84 Å². The summed E-state index contributed by atoms with van der Waals surface area (Å²) in [4.78, 5) is 12.2. The number of ether oxygens (including phenoxy) is 1. The van der Waals surface area contributed by atoms with Crippen LogP contribution in [0.4, 0.5) is 0 Å². The summed E-state index contributed by atoms with van der Waals surface area (Å²) in [6, 6.07) is 23.8. The molecule has 3 heteroatoms. The highest BCUT2D eigenvalue weighted by atomic mass is 16.5. The van der Waals surface area contributed by atoms with Gasteiger partial charge in [-0.15, -0.1) is 0 Å². The van der Waals surface area contributed by atoms with Gasteiger partial charge in [-0.05, 0) is 35.9 Å². The molecule has 0 aliphatic carbocycles. The molecule has 0 radical (unpaired) electrons. The molecule has 0 saturated heterocycles. The minimum absolute atomic E-state index is 0.0749. The fraction of sp³-hybridized carbons (Fsp3) is 0.0455. The average Bonchev–Trinajstić information content (AvgIpc) is 2.66. The second-order valence-electron chi connectivity index (χ2n) is 5.56. The number of carbonyl (C=O) groups is 1. The van der Waals surface area contributed by atoms with E-state index in [2.05, 4.69) is 0 Å². The number of hydrogen-bond acceptors (Lipinski definition) is 3. The molecule has 0 atom stereocenters. The van der Waals surface area contributed by atoms with Gasteiger partial charge in [0.2, 0.25) is 0 Å². The summed E-state index contributed by atoms with van der Waals surface area (Å²) in [7, 11) is 0. The second kappa shape index (κ2) is 7.97. The van der Waals surface area contributed by atoms with E-state index in [0.717, 1.165) is 11.1 Å². The van der Waals surface area contributed by atoms with Gasteiger partial charge in [0.1, 0.15) is 18.1 Å². The van der Waals surface area contributed by atoms with Crippen LogP contribution in [0, 0.1) is 0 Å². The van der Waals surface area contributed by atoms with E-state index in [1.54, 1.807) is 18.2 Å². The van der Waals surface area contributed by atoms with Crippen LogP contribution in [0.1, 0.15) is 21.5 Å². The third-order valence-corrected chi connectivity index (χ3v) is 3.70. The van der Waals surface area contributed by atoms with Crippen LogP contribution < -0.4 is 4.74 Å². The monoisotopic (exact) mass is 330 g/mol. The van der Waals surface area contributed by atoms with Crippen LogP contribution in [0.15, 0.2) is 84.9 Å². The van der Waals surface area contributed by atoms with Gasteiger partial charge in [0.15, 0.2) is 5.78 Å². The smallest absolute Gasteiger partial charge is 0.185 e. The minimum atomic E-state index is -0.172. The van der Waals surface area contributed by atoms with Gasteiger partial charge in [-0.2, -0.15) is 0 Å². The summed E-state index contributed by atoms with van der Waals surface area (Å²) in [5.41, 5.74) is 2.35. The Bertz CT molecular complexity index is 883. The predicted octanol–water partition coefficient (Wildman–Crippen LogP) is 4.87. The highest BCUT2D eigenvalue weighted by molar-refractivity contribution is 6.07. The van der Waals surface area contributed by atoms with Crippen molar-refractivity contribution >= 4 is 11.9 Å². The first kappa shape index (κ1) is 16.5. The van der Waals surface area contributed by atoms with Crippen molar-refractivity contribution < 1.29 is 14.6 Å². The molecule has 0 bridgehead atoms. The molecule has 25 heavy (non-hydrogen) atoms. The summed E-state index contributed by atoms with van der Waals surface area (Å²) >= 11 is 0. The lowest BCUT2D eigenvalue weighted by molar-refractivity contribution is 0.104. The molecule has 0 aliphatic rings. The number of phenolic OH excluding ortho intramolecular Hbond substituents is 1. The molecule has 0 aromatic heterocycles. The van der Waals surface area contributed by atoms with Crippen LogP contribution in [-0.2, 0) is 6.61 Å². The largest absolute Gasteiger partial charge is 0.508 e. The number of allylic oxidation sites excluding steroid dienone is 1. The van der Waals surface area contributed by atoms with Gasteiger partial charge in [-0.25, -0.2) is 0 Å². The third-order valence-electron chi connectivity index (χ3n) is 3.70. The van der Waals surface area contributed by atoms with Gasteiger partial charge in [-0.3, -0.25) is 4.79 Å². The van der Waals surface area contributed by atoms with Crippen molar-refractivity contribution in [2.45, 2.75) is 6.61 Å². The molecule has 0 aliphatic heterocycles. The zero-order valence-corrected chi connectivity index (χ0v) is 13.6. The molecule has 3 aromatic rings. The fourth-order valence-corrected chi connectivity index (χ4v) is 2.41. The first-order chi connectivity index (χ1) is 12.2. The van der Waals surface area contributed by atoms with Crippen LogP contribution in [0.3, 0.4) is 0 Å². The summed E-state index contributed by atoms with van der Waals surface area (Å²) in [6.45, 7) is 0.464. The van der Waals surface area contributed by atoms with Crippen molar-refractivity contribution in [3.8, 4) is 11.5 Å². The molecule has 124 valence electrons. The molecule has 0 spiro atoms. The fourth-order valence-electron chi connectivity index (χ4n) is 2.41. The normalized spacial score (nSPS) is 10.7. The molecule has 3 nitrogen and oxygen atoms in total. The van der Waals surface area contributed by atoms with Crippen LogP contribution in [0.25, 0.3) is 6.08 Å². The van der Waals surface area contributed by atoms with E-state index in [9.17, 15) is 9.90 Å². The van der Waals surface area contributed by atoms with Crippen LogP contribution in [-0.4, -0.2) is 10.9 Å². The Labute approximate surface area is 146 Å². The Morgan fingerprint density at radius 1 is 0.920 bits per heavy atom. The Hall–Kier alpha value is -3.33. The first-order valence-corrected chi connectivity index (χ1v) is 7.99. The molecule has 0 unspecified atom stereocenters. The maximum Gasteiger partial charge on any atom is 0.185 e. The van der Waals surface area contributed by atoms with Gasteiger partial charge in [0.05, 0.1) is 0 Å². The molecule has 3 rings (SSSR count). The van der Waals surface area contributed by atoms with Crippen LogP contribution in [0.2, 0.25) is 0 Å². The Morgan fingerprint density at radius 2 is 1.68 bits per heavy atom. The number of benzene rings is 3. The number of hydrogen-bond donors (Lipinski definition) is 1. The van der Waals surface area contributed by atoms with E-state index >= 15 is 0 Å². The van der Waals surface area contributed by atoms with E-state index in [0.29, 0.717) is 17.9 Å². The molecular formula is C22H18O3. The number of ketones is 1. The summed E-state index contributed by atoms with van der Waals surface area (Å²) in [5.74, 6) is 0.617. The zero-order chi connectivity index (χ0) is 17.5. The highest BCUT2D eigenvalue weighted by Gasteiger charge is 2.04. The predicted molar refractivity (Wildman–Crippen MR) is 98.7 cm³/mol. The van der Waals surface area contributed by atoms with Crippen molar-refractivity contribution in [1.29, 1.82) is 0 Å². The lowest BCUT2D eigenvalue weighted by Crippen LogP contribution is -1.97. The van der Waals surface area contributed by atoms with Crippen molar-refractivity contribution in [3.63, 3.8) is 0 Å². The van der Waals surface area contributed by atoms with Crippen molar-refractivity contribution in [2.24, 2.45) is 0 Å². The molecule has 0 heterocycles. The summed E-state index contributed by atoms with van der Waals surface area (Å²) in [5, 5.41) is 9.47. The average molecular weight is 330 g/mol. The standard InChI is InChI=1S/C22H18O3/c23-20-11-6-10-19(15-20)21(24)14-13-18-9-4-5-12-22(18)25-16-17-7-2-1-3-8-17/h1-15,23H,16H2/b14-13+. The molecule has 1 N–H and O–H groups in total. The number of rotatable bonds is 6. The molecular weight excluding hydrogens is 312 g/mol.